The minimum Gasteiger partial charge on any atom is -0.481 e. The molecule has 1 saturated heterocycles. The third-order valence-corrected chi connectivity index (χ3v) is 5.08. The van der Waals surface area contributed by atoms with Crippen LogP contribution in [0, 0.1) is 18.8 Å². The highest BCUT2D eigenvalue weighted by molar-refractivity contribution is 5.77. The zero-order valence-corrected chi connectivity index (χ0v) is 13.7. The Balaban J connectivity index is 1.71. The van der Waals surface area contributed by atoms with Gasteiger partial charge in [-0.3, -0.25) is 4.79 Å². The minimum absolute atomic E-state index is 0.0163. The summed E-state index contributed by atoms with van der Waals surface area (Å²) in [4.78, 5) is 25.4. The Labute approximate surface area is 136 Å². The number of urea groups is 1. The Morgan fingerprint density at radius 1 is 1.35 bits per heavy atom. The number of rotatable bonds is 2. The summed E-state index contributed by atoms with van der Waals surface area (Å²) in [7, 11) is 0. The number of amides is 2. The zero-order chi connectivity index (χ0) is 16.6. The number of benzene rings is 1. The van der Waals surface area contributed by atoms with E-state index >= 15 is 0 Å². The number of fused-ring (bicyclic) bond motifs is 1. The quantitative estimate of drug-likeness (QED) is 0.881. The van der Waals surface area contributed by atoms with Gasteiger partial charge in [0.25, 0.3) is 0 Å². The molecule has 0 bridgehead atoms. The molecule has 3 unspecified atom stereocenters. The molecule has 1 heterocycles. The van der Waals surface area contributed by atoms with Gasteiger partial charge >= 0.3 is 12.0 Å². The first kappa shape index (κ1) is 15.8. The maximum absolute atomic E-state index is 12.6. The van der Waals surface area contributed by atoms with Gasteiger partial charge in [0.05, 0.1) is 12.0 Å². The average Bonchev–Trinajstić information content (AvgIpc) is 2.83. The van der Waals surface area contributed by atoms with Gasteiger partial charge in [-0.1, -0.05) is 30.7 Å². The molecule has 0 saturated carbocycles. The number of hydrogen-bond acceptors (Lipinski definition) is 2. The summed E-state index contributed by atoms with van der Waals surface area (Å²) in [5, 5.41) is 12.3. The number of carbonyl (C=O) groups is 2. The molecule has 1 aliphatic heterocycles. The van der Waals surface area contributed by atoms with Crippen LogP contribution < -0.4 is 5.32 Å². The Bertz CT molecular complexity index is 629. The normalized spacial score (nSPS) is 26.7. The third-order valence-electron chi connectivity index (χ3n) is 5.08. The van der Waals surface area contributed by atoms with Crippen LogP contribution in [-0.4, -0.2) is 35.1 Å². The molecule has 2 aliphatic rings. The van der Waals surface area contributed by atoms with Crippen LogP contribution in [0.25, 0.3) is 0 Å². The predicted molar refractivity (Wildman–Crippen MR) is 87.3 cm³/mol. The minimum atomic E-state index is -0.808. The number of likely N-dealkylation sites (tertiary alicyclic amines) is 1. The molecule has 1 aromatic carbocycles. The number of nitrogens with one attached hydrogen (secondary N) is 1. The second-order valence-corrected chi connectivity index (χ2v) is 6.93. The van der Waals surface area contributed by atoms with Crippen molar-refractivity contribution in [1.29, 1.82) is 0 Å². The van der Waals surface area contributed by atoms with Gasteiger partial charge in [0.15, 0.2) is 0 Å². The summed E-state index contributed by atoms with van der Waals surface area (Å²) in [6.07, 6.45) is 2.37. The van der Waals surface area contributed by atoms with Crippen LogP contribution in [0.3, 0.4) is 0 Å². The molecule has 3 rings (SSSR count). The zero-order valence-electron chi connectivity index (χ0n) is 13.7. The van der Waals surface area contributed by atoms with Crippen LogP contribution in [0.5, 0.6) is 0 Å². The highest BCUT2D eigenvalue weighted by atomic mass is 16.4. The molecule has 5 heteroatoms. The maximum Gasteiger partial charge on any atom is 0.317 e. The van der Waals surface area contributed by atoms with Crippen molar-refractivity contribution in [3.8, 4) is 0 Å². The lowest BCUT2D eigenvalue weighted by atomic mass is 9.98. The SMILES string of the molecule is Cc1ccc2c(c1)C(NC(=O)N1CCCC(C(=O)O)C1)C(C)C2. The fourth-order valence-electron chi connectivity index (χ4n) is 3.77. The van der Waals surface area contributed by atoms with E-state index in [0.717, 1.165) is 12.8 Å². The Hall–Kier alpha value is -2.04. The number of aliphatic carboxylic acids is 1. The Kier molecular flexibility index (Phi) is 4.28. The van der Waals surface area contributed by atoms with Gasteiger partial charge in [-0.25, -0.2) is 4.79 Å². The van der Waals surface area contributed by atoms with E-state index in [0.29, 0.717) is 25.4 Å². The van der Waals surface area contributed by atoms with Gasteiger partial charge in [0.1, 0.15) is 0 Å². The van der Waals surface area contributed by atoms with E-state index in [1.54, 1.807) is 4.90 Å². The number of aryl methyl sites for hydroxylation is 1. The van der Waals surface area contributed by atoms with Crippen molar-refractivity contribution in [3.05, 3.63) is 34.9 Å². The van der Waals surface area contributed by atoms with Gasteiger partial charge in [-0.15, -0.1) is 0 Å². The average molecular weight is 316 g/mol. The molecule has 2 amide bonds. The second kappa shape index (κ2) is 6.22. The number of carboxylic acids is 1. The molecule has 0 radical (unpaired) electrons. The first-order valence-corrected chi connectivity index (χ1v) is 8.33. The van der Waals surface area contributed by atoms with Gasteiger partial charge in [0, 0.05) is 13.1 Å². The van der Waals surface area contributed by atoms with E-state index < -0.39 is 11.9 Å². The number of hydrogen-bond donors (Lipinski definition) is 2. The molecule has 0 aromatic heterocycles. The lowest BCUT2D eigenvalue weighted by molar-refractivity contribution is -0.143. The summed E-state index contributed by atoms with van der Waals surface area (Å²) >= 11 is 0. The highest BCUT2D eigenvalue weighted by Crippen LogP contribution is 2.36. The number of piperidine rings is 1. The van der Waals surface area contributed by atoms with E-state index in [-0.39, 0.29) is 12.1 Å². The smallest absolute Gasteiger partial charge is 0.317 e. The topological polar surface area (TPSA) is 69.6 Å². The van der Waals surface area contributed by atoms with Crippen LogP contribution in [0.4, 0.5) is 4.79 Å². The second-order valence-electron chi connectivity index (χ2n) is 6.93. The summed E-state index contributed by atoms with van der Waals surface area (Å²) in [6.45, 7) is 5.15. The van der Waals surface area contributed by atoms with E-state index in [1.165, 1.54) is 16.7 Å². The molecule has 23 heavy (non-hydrogen) atoms. The lowest BCUT2D eigenvalue weighted by Crippen LogP contribution is -2.48. The molecule has 5 nitrogen and oxygen atoms in total. The van der Waals surface area contributed by atoms with Gasteiger partial charge < -0.3 is 15.3 Å². The lowest BCUT2D eigenvalue weighted by Gasteiger charge is -2.32. The van der Waals surface area contributed by atoms with Crippen LogP contribution in [-0.2, 0) is 11.2 Å². The van der Waals surface area contributed by atoms with Crippen molar-refractivity contribution in [3.63, 3.8) is 0 Å². The number of carboxylic acid groups (broad SMARTS) is 1. The molecule has 3 atom stereocenters. The monoisotopic (exact) mass is 316 g/mol. The van der Waals surface area contributed by atoms with E-state index in [2.05, 4.69) is 37.4 Å². The predicted octanol–water partition coefficient (Wildman–Crippen LogP) is 2.73. The largest absolute Gasteiger partial charge is 0.481 e. The van der Waals surface area contributed by atoms with Gasteiger partial charge in [0.2, 0.25) is 0 Å². The fraction of sp³-hybridized carbons (Fsp3) is 0.556. The third kappa shape index (κ3) is 3.19. The van der Waals surface area contributed by atoms with Crippen molar-refractivity contribution in [2.75, 3.05) is 13.1 Å². The molecule has 1 aromatic rings. The summed E-state index contributed by atoms with van der Waals surface area (Å²) in [5.41, 5.74) is 3.70. The molecule has 1 aliphatic carbocycles. The van der Waals surface area contributed by atoms with Crippen molar-refractivity contribution in [2.24, 2.45) is 11.8 Å². The fourth-order valence-corrected chi connectivity index (χ4v) is 3.77. The highest BCUT2D eigenvalue weighted by Gasteiger charge is 2.33. The molecular formula is C18H24N2O3. The van der Waals surface area contributed by atoms with E-state index in [4.69, 9.17) is 5.11 Å². The molecule has 124 valence electrons. The first-order chi connectivity index (χ1) is 11.0. The van der Waals surface area contributed by atoms with Crippen molar-refractivity contribution in [1.82, 2.24) is 10.2 Å². The standard InChI is InChI=1S/C18H24N2O3/c1-11-5-6-13-9-12(2)16(15(13)8-11)19-18(23)20-7-3-4-14(10-20)17(21)22/h5-6,8,12,14,16H,3-4,7,9-10H2,1-2H3,(H,19,23)(H,21,22). The molecule has 2 N–H and O–H groups in total. The maximum atomic E-state index is 12.6. The van der Waals surface area contributed by atoms with E-state index in [9.17, 15) is 9.59 Å². The van der Waals surface area contributed by atoms with E-state index in [1.807, 2.05) is 0 Å². The van der Waals surface area contributed by atoms with Crippen molar-refractivity contribution >= 4 is 12.0 Å². The molecule has 0 spiro atoms. The van der Waals surface area contributed by atoms with Crippen LogP contribution in [0.15, 0.2) is 18.2 Å². The molecular weight excluding hydrogens is 292 g/mol. The van der Waals surface area contributed by atoms with Crippen LogP contribution in [0.2, 0.25) is 0 Å². The van der Waals surface area contributed by atoms with Crippen LogP contribution >= 0.6 is 0 Å². The summed E-state index contributed by atoms with van der Waals surface area (Å²) in [6, 6.07) is 6.29. The Morgan fingerprint density at radius 3 is 2.87 bits per heavy atom. The van der Waals surface area contributed by atoms with Crippen LogP contribution in [0.1, 0.15) is 42.5 Å². The van der Waals surface area contributed by atoms with Gasteiger partial charge in [-0.2, -0.15) is 0 Å². The Morgan fingerprint density at radius 2 is 2.13 bits per heavy atom. The number of nitrogens with zero attached hydrogens (tertiary/aromatic N) is 1. The summed E-state index contributed by atoms with van der Waals surface area (Å²) in [5.74, 6) is -0.890. The first-order valence-electron chi connectivity index (χ1n) is 8.33. The van der Waals surface area contributed by atoms with Gasteiger partial charge in [-0.05, 0) is 43.2 Å². The number of carbonyl (C=O) groups excluding carboxylic acids is 1. The van der Waals surface area contributed by atoms with Crippen molar-refractivity contribution in [2.45, 2.75) is 39.2 Å². The molecule has 1 fully saturated rings. The summed E-state index contributed by atoms with van der Waals surface area (Å²) < 4.78 is 0. The van der Waals surface area contributed by atoms with Crippen molar-refractivity contribution < 1.29 is 14.7 Å².